The molecule has 2 heterocycles. The zero-order valence-electron chi connectivity index (χ0n) is 15.2. The minimum Gasteiger partial charge on any atom is -0.391 e. The van der Waals surface area contributed by atoms with Gasteiger partial charge in [-0.1, -0.05) is 0 Å². The minimum absolute atomic E-state index is 0.290. The van der Waals surface area contributed by atoms with E-state index >= 15 is 0 Å². The molecule has 24 heavy (non-hydrogen) atoms. The Kier molecular flexibility index (Phi) is 3.97. The summed E-state index contributed by atoms with van der Waals surface area (Å²) in [5.41, 5.74) is 5.69. The average molecular weight is 330 g/mol. The molecule has 0 bridgehead atoms. The molecule has 130 valence electrons. The largest absolute Gasteiger partial charge is 0.391 e. The molecule has 0 aromatic carbocycles. The monoisotopic (exact) mass is 330 g/mol. The van der Waals surface area contributed by atoms with Gasteiger partial charge < -0.3 is 19.3 Å². The molecule has 0 radical (unpaired) electrons. The van der Waals surface area contributed by atoms with Crippen LogP contribution in [0.4, 0.5) is 0 Å². The number of aliphatic hydroxyl groups is 2. The lowest BCUT2D eigenvalue weighted by Crippen LogP contribution is -2.23. The molecule has 2 aromatic rings. The molecular weight excluding hydrogens is 304 g/mol. The SMILES string of the molecule is Cc1cc(C2C(=O)C(O)C(c3cc(C)n(C)c3C)C2O)c(C)n1C. The predicted molar refractivity (Wildman–Crippen MR) is 92.3 cm³/mol. The summed E-state index contributed by atoms with van der Waals surface area (Å²) < 4.78 is 4.03. The van der Waals surface area contributed by atoms with Gasteiger partial charge in [0.15, 0.2) is 5.78 Å². The molecule has 2 N–H and O–H groups in total. The first kappa shape index (κ1) is 17.0. The van der Waals surface area contributed by atoms with Crippen LogP contribution in [0, 0.1) is 27.7 Å². The summed E-state index contributed by atoms with van der Waals surface area (Å²) in [6.45, 7) is 7.85. The number of nitrogens with zero attached hydrogens (tertiary/aromatic N) is 2. The van der Waals surface area contributed by atoms with Gasteiger partial charge in [-0.25, -0.2) is 0 Å². The summed E-state index contributed by atoms with van der Waals surface area (Å²) in [4.78, 5) is 12.7. The molecular formula is C19H26N2O3. The Bertz CT molecular complexity index is 815. The maximum Gasteiger partial charge on any atom is 0.172 e. The predicted octanol–water partition coefficient (Wildman–Crippen LogP) is 1.77. The van der Waals surface area contributed by atoms with E-state index in [1.165, 1.54) is 0 Å². The van der Waals surface area contributed by atoms with Gasteiger partial charge >= 0.3 is 0 Å². The lowest BCUT2D eigenvalue weighted by molar-refractivity contribution is -0.126. The van der Waals surface area contributed by atoms with Gasteiger partial charge in [-0.2, -0.15) is 0 Å². The number of hydrogen-bond donors (Lipinski definition) is 2. The van der Waals surface area contributed by atoms with Gasteiger partial charge in [0.2, 0.25) is 0 Å². The Morgan fingerprint density at radius 1 is 0.875 bits per heavy atom. The normalized spacial score (nSPS) is 27.2. The van der Waals surface area contributed by atoms with Crippen LogP contribution in [0.5, 0.6) is 0 Å². The summed E-state index contributed by atoms with van der Waals surface area (Å²) in [5.74, 6) is -1.55. The van der Waals surface area contributed by atoms with Crippen LogP contribution in [0.15, 0.2) is 12.1 Å². The molecule has 4 atom stereocenters. The Hall–Kier alpha value is -1.85. The second-order valence-electron chi connectivity index (χ2n) is 7.11. The van der Waals surface area contributed by atoms with Gasteiger partial charge in [0.1, 0.15) is 6.10 Å². The van der Waals surface area contributed by atoms with E-state index in [4.69, 9.17) is 0 Å². The van der Waals surface area contributed by atoms with Crippen molar-refractivity contribution in [1.29, 1.82) is 0 Å². The van der Waals surface area contributed by atoms with Crippen LogP contribution in [0.2, 0.25) is 0 Å². The number of aryl methyl sites for hydroxylation is 2. The number of carbonyl (C=O) groups excluding carboxylic acids is 1. The molecule has 1 saturated carbocycles. The first-order chi connectivity index (χ1) is 11.2. The van der Waals surface area contributed by atoms with Crippen LogP contribution in [0.3, 0.4) is 0 Å². The molecule has 2 aromatic heterocycles. The van der Waals surface area contributed by atoms with Crippen LogP contribution < -0.4 is 0 Å². The molecule has 0 amide bonds. The van der Waals surface area contributed by atoms with Crippen molar-refractivity contribution >= 4 is 5.78 Å². The third-order valence-electron chi connectivity index (χ3n) is 5.97. The molecule has 0 spiro atoms. The van der Waals surface area contributed by atoms with E-state index < -0.39 is 24.0 Å². The van der Waals surface area contributed by atoms with Crippen LogP contribution in [0.25, 0.3) is 0 Å². The van der Waals surface area contributed by atoms with Gasteiger partial charge in [0.25, 0.3) is 0 Å². The number of Topliss-reactive ketones (excluding diaryl/α,β-unsaturated/α-hetero) is 1. The first-order valence-corrected chi connectivity index (χ1v) is 8.32. The smallest absolute Gasteiger partial charge is 0.172 e. The quantitative estimate of drug-likeness (QED) is 0.882. The zero-order valence-corrected chi connectivity index (χ0v) is 15.2. The minimum atomic E-state index is -1.18. The van der Waals surface area contributed by atoms with Crippen molar-refractivity contribution in [2.75, 3.05) is 0 Å². The van der Waals surface area contributed by atoms with Crippen molar-refractivity contribution in [2.45, 2.75) is 51.7 Å². The Morgan fingerprint density at radius 3 is 1.75 bits per heavy atom. The van der Waals surface area contributed by atoms with Crippen LogP contribution in [-0.2, 0) is 18.9 Å². The van der Waals surface area contributed by atoms with Gasteiger partial charge in [0, 0.05) is 42.8 Å². The Labute approximate surface area is 142 Å². The standard InChI is InChI=1S/C19H26N2O3/c1-9-7-13(11(3)20(9)5)15-17(22)16(19(24)18(15)23)14-8-10(2)21(6)12(14)4/h7-8,15-18,22-23H,1-6H3. The van der Waals surface area contributed by atoms with Crippen molar-refractivity contribution in [3.8, 4) is 0 Å². The number of ketones is 1. The third kappa shape index (κ3) is 2.19. The maximum atomic E-state index is 12.7. The van der Waals surface area contributed by atoms with Crippen LogP contribution >= 0.6 is 0 Å². The Morgan fingerprint density at radius 2 is 1.33 bits per heavy atom. The summed E-state index contributed by atoms with van der Waals surface area (Å²) in [7, 11) is 3.89. The lowest BCUT2D eigenvalue weighted by atomic mass is 9.89. The van der Waals surface area contributed by atoms with E-state index in [9.17, 15) is 15.0 Å². The fraction of sp³-hybridized carbons (Fsp3) is 0.526. The second-order valence-corrected chi connectivity index (χ2v) is 7.11. The molecule has 5 nitrogen and oxygen atoms in total. The molecule has 1 aliphatic carbocycles. The number of carbonyl (C=O) groups is 1. The van der Waals surface area contributed by atoms with Crippen LogP contribution in [-0.4, -0.2) is 37.3 Å². The molecule has 5 heteroatoms. The summed E-state index contributed by atoms with van der Waals surface area (Å²) in [6, 6.07) is 3.91. The van der Waals surface area contributed by atoms with E-state index in [0.29, 0.717) is 0 Å². The molecule has 0 saturated heterocycles. The number of hydrogen-bond acceptors (Lipinski definition) is 3. The molecule has 1 fully saturated rings. The van der Waals surface area contributed by atoms with Crippen molar-refractivity contribution < 1.29 is 15.0 Å². The zero-order chi connectivity index (χ0) is 17.9. The van der Waals surface area contributed by atoms with Crippen molar-refractivity contribution in [3.63, 3.8) is 0 Å². The van der Waals surface area contributed by atoms with E-state index in [0.717, 1.165) is 33.9 Å². The third-order valence-corrected chi connectivity index (χ3v) is 5.97. The average Bonchev–Trinajstić information content (AvgIpc) is 3.02. The highest BCUT2D eigenvalue weighted by Gasteiger charge is 2.51. The van der Waals surface area contributed by atoms with Crippen molar-refractivity contribution in [2.24, 2.45) is 14.1 Å². The maximum absolute atomic E-state index is 12.7. The second kappa shape index (κ2) is 5.60. The lowest BCUT2D eigenvalue weighted by Gasteiger charge is -2.20. The van der Waals surface area contributed by atoms with Crippen molar-refractivity contribution in [1.82, 2.24) is 9.13 Å². The van der Waals surface area contributed by atoms with E-state index in [1.807, 2.05) is 63.1 Å². The van der Waals surface area contributed by atoms with Gasteiger partial charge in [-0.05, 0) is 51.0 Å². The van der Waals surface area contributed by atoms with Crippen molar-refractivity contribution in [3.05, 3.63) is 46.0 Å². The molecule has 0 aliphatic heterocycles. The number of rotatable bonds is 2. The van der Waals surface area contributed by atoms with E-state index in [2.05, 4.69) is 0 Å². The highest BCUT2D eigenvalue weighted by molar-refractivity contribution is 5.94. The highest BCUT2D eigenvalue weighted by atomic mass is 16.3. The van der Waals surface area contributed by atoms with Gasteiger partial charge in [-0.3, -0.25) is 4.79 Å². The first-order valence-electron chi connectivity index (χ1n) is 8.32. The van der Waals surface area contributed by atoms with E-state index in [-0.39, 0.29) is 5.78 Å². The fourth-order valence-electron chi connectivity index (χ4n) is 4.04. The van der Waals surface area contributed by atoms with E-state index in [1.54, 1.807) is 0 Å². The molecule has 4 unspecified atom stereocenters. The summed E-state index contributed by atoms with van der Waals surface area (Å²) in [6.07, 6.45) is -2.10. The fourth-order valence-corrected chi connectivity index (χ4v) is 4.04. The van der Waals surface area contributed by atoms with Gasteiger partial charge in [0.05, 0.1) is 12.0 Å². The molecule has 1 aliphatic rings. The number of aliphatic hydroxyl groups excluding tert-OH is 2. The summed E-state index contributed by atoms with van der Waals surface area (Å²) in [5, 5.41) is 21.5. The summed E-state index contributed by atoms with van der Waals surface area (Å²) >= 11 is 0. The van der Waals surface area contributed by atoms with Gasteiger partial charge in [-0.15, -0.1) is 0 Å². The number of aromatic nitrogens is 2. The van der Waals surface area contributed by atoms with Crippen LogP contribution in [0.1, 0.15) is 45.7 Å². The highest BCUT2D eigenvalue weighted by Crippen LogP contribution is 2.44. The topological polar surface area (TPSA) is 67.4 Å². The Balaban J connectivity index is 2.08. The molecule has 3 rings (SSSR count).